The van der Waals surface area contributed by atoms with Crippen LogP contribution in [0, 0.1) is 0 Å². The Morgan fingerprint density at radius 2 is 1.31 bits per heavy atom. The molecule has 0 rings (SSSR count). The van der Waals surface area contributed by atoms with E-state index < -0.39 is 16.4 Å². The van der Waals surface area contributed by atoms with Gasteiger partial charge in [-0.15, -0.1) is 6.58 Å². The van der Waals surface area contributed by atoms with E-state index in [1.807, 2.05) is 13.8 Å². The van der Waals surface area contributed by atoms with Crippen LogP contribution in [0.2, 0.25) is 0 Å². The van der Waals surface area contributed by atoms with Crippen LogP contribution >= 0.6 is 0 Å². The SMILES string of the molecule is C=C(C)C.C=C(C)C(=O)O.COS(=O)(=O)O. The van der Waals surface area contributed by atoms with Crippen molar-refractivity contribution in [3.8, 4) is 0 Å². The molecule has 0 unspecified atom stereocenters. The topological polar surface area (TPSA) is 101 Å². The Kier molecular flexibility index (Phi) is 13.1. The number of hydrogen-bond donors (Lipinski definition) is 2. The Labute approximate surface area is 96.2 Å². The molecule has 0 atom stereocenters. The van der Waals surface area contributed by atoms with E-state index in [1.54, 1.807) is 0 Å². The number of rotatable bonds is 2. The molecule has 0 saturated carbocycles. The summed E-state index contributed by atoms with van der Waals surface area (Å²) in [5.74, 6) is -0.935. The first-order valence-electron chi connectivity index (χ1n) is 3.98. The molecule has 2 N–H and O–H groups in total. The minimum atomic E-state index is -4.16. The van der Waals surface area contributed by atoms with Gasteiger partial charge in [0.2, 0.25) is 0 Å². The summed E-state index contributed by atoms with van der Waals surface area (Å²) < 4.78 is 29.7. The summed E-state index contributed by atoms with van der Waals surface area (Å²) in [5.41, 5.74) is 1.34. The van der Waals surface area contributed by atoms with E-state index in [-0.39, 0.29) is 5.57 Å². The average molecular weight is 254 g/mol. The van der Waals surface area contributed by atoms with Crippen LogP contribution in [-0.2, 0) is 19.4 Å². The molecule has 6 nitrogen and oxygen atoms in total. The minimum absolute atomic E-state index is 0.176. The number of hydrogen-bond acceptors (Lipinski definition) is 4. The fourth-order valence-corrected chi connectivity index (χ4v) is 0. The molecule has 16 heavy (non-hydrogen) atoms. The Balaban J connectivity index is -0.000000162. The number of carboxylic acids is 1. The second-order valence-electron chi connectivity index (χ2n) is 2.89. The van der Waals surface area contributed by atoms with Gasteiger partial charge in [-0.1, -0.05) is 12.2 Å². The van der Waals surface area contributed by atoms with Gasteiger partial charge in [0.15, 0.2) is 0 Å². The van der Waals surface area contributed by atoms with Gasteiger partial charge >= 0.3 is 16.4 Å². The molecule has 0 aromatic rings. The Bertz CT molecular complexity index is 312. The quantitative estimate of drug-likeness (QED) is 0.441. The lowest BCUT2D eigenvalue weighted by atomic mass is 10.4. The molecule has 0 aliphatic carbocycles. The summed E-state index contributed by atoms with van der Waals surface area (Å²) >= 11 is 0. The predicted molar refractivity (Wildman–Crippen MR) is 61.5 cm³/mol. The van der Waals surface area contributed by atoms with Gasteiger partial charge in [0, 0.05) is 5.57 Å². The fourth-order valence-electron chi connectivity index (χ4n) is 0. The van der Waals surface area contributed by atoms with Gasteiger partial charge in [-0.05, 0) is 20.8 Å². The average Bonchev–Trinajstić information content (AvgIpc) is 2.02. The Morgan fingerprint density at radius 1 is 1.19 bits per heavy atom. The zero-order chi connectivity index (χ0) is 13.9. The summed E-state index contributed by atoms with van der Waals surface area (Å²) in [7, 11) is -3.29. The van der Waals surface area contributed by atoms with E-state index in [9.17, 15) is 13.2 Å². The molecule has 0 radical (unpaired) electrons. The highest BCUT2D eigenvalue weighted by atomic mass is 32.3. The van der Waals surface area contributed by atoms with Gasteiger partial charge in [-0.2, -0.15) is 8.42 Å². The molecule has 96 valence electrons. The number of aliphatic carboxylic acids is 1. The summed E-state index contributed by atoms with van der Waals surface area (Å²) in [6.45, 7) is 12.1. The van der Waals surface area contributed by atoms with Gasteiger partial charge < -0.3 is 5.11 Å². The largest absolute Gasteiger partial charge is 0.478 e. The molecule has 0 fully saturated rings. The van der Waals surface area contributed by atoms with Crippen molar-refractivity contribution in [2.75, 3.05) is 7.11 Å². The second-order valence-corrected chi connectivity index (χ2v) is 4.08. The molecule has 0 saturated heterocycles. The van der Waals surface area contributed by atoms with Crippen LogP contribution in [0.4, 0.5) is 0 Å². The predicted octanol–water partition coefficient (Wildman–Crippen LogP) is 1.67. The van der Waals surface area contributed by atoms with Crippen molar-refractivity contribution in [3.05, 3.63) is 24.3 Å². The van der Waals surface area contributed by atoms with Crippen LogP contribution < -0.4 is 0 Å². The van der Waals surface area contributed by atoms with Gasteiger partial charge in [0.05, 0.1) is 7.11 Å². The van der Waals surface area contributed by atoms with Gasteiger partial charge in [0.1, 0.15) is 0 Å². The summed E-state index contributed by atoms with van der Waals surface area (Å²) in [5, 5.41) is 7.89. The number of allylic oxidation sites excluding steroid dienone is 1. The Morgan fingerprint density at radius 3 is 1.31 bits per heavy atom. The molecule has 0 aliphatic rings. The lowest BCUT2D eigenvalue weighted by molar-refractivity contribution is -0.132. The molecular weight excluding hydrogens is 236 g/mol. The fraction of sp³-hybridized carbons (Fsp3) is 0.444. The zero-order valence-corrected chi connectivity index (χ0v) is 10.7. The molecule has 0 bridgehead atoms. The first kappa shape index (κ1) is 20.3. The van der Waals surface area contributed by atoms with Crippen molar-refractivity contribution in [1.82, 2.24) is 0 Å². The molecule has 0 spiro atoms. The smallest absolute Gasteiger partial charge is 0.397 e. The second kappa shape index (κ2) is 10.3. The van der Waals surface area contributed by atoms with Gasteiger partial charge in [-0.25, -0.2) is 4.79 Å². The standard InChI is InChI=1S/C4H6O2.C4H8.CH4O4S/c1-3(2)4(5)6;1-4(2)3;1-5-6(2,3)4/h1H2,2H3,(H,5,6);1H2,2-3H3;1H3,(H,2,3,4). The van der Waals surface area contributed by atoms with Crippen LogP contribution in [0.5, 0.6) is 0 Å². The normalized spacial score (nSPS) is 8.81. The van der Waals surface area contributed by atoms with Gasteiger partial charge in [-0.3, -0.25) is 8.74 Å². The molecule has 0 aliphatic heterocycles. The van der Waals surface area contributed by atoms with E-state index in [4.69, 9.17) is 9.66 Å². The lowest BCUT2D eigenvalue weighted by Gasteiger charge is -1.82. The van der Waals surface area contributed by atoms with Crippen molar-refractivity contribution < 1.29 is 27.1 Å². The van der Waals surface area contributed by atoms with Crippen molar-refractivity contribution in [1.29, 1.82) is 0 Å². The zero-order valence-electron chi connectivity index (χ0n) is 9.85. The number of carboxylic acid groups (broad SMARTS) is 1. The van der Waals surface area contributed by atoms with E-state index in [0.717, 1.165) is 7.11 Å². The van der Waals surface area contributed by atoms with Crippen LogP contribution in [0.25, 0.3) is 0 Å². The third kappa shape index (κ3) is 52.9. The number of carbonyl (C=O) groups is 1. The summed E-state index contributed by atoms with van der Waals surface area (Å²) in [6.07, 6.45) is 0. The molecular formula is C9H18O6S. The molecule has 0 amide bonds. The van der Waals surface area contributed by atoms with Crippen LogP contribution in [0.1, 0.15) is 20.8 Å². The first-order valence-corrected chi connectivity index (χ1v) is 5.34. The summed E-state index contributed by atoms with van der Waals surface area (Å²) in [4.78, 5) is 9.60. The highest BCUT2D eigenvalue weighted by Crippen LogP contribution is 1.81. The van der Waals surface area contributed by atoms with Crippen LogP contribution in [0.3, 0.4) is 0 Å². The first-order chi connectivity index (χ1) is 6.94. The van der Waals surface area contributed by atoms with Crippen molar-refractivity contribution in [2.45, 2.75) is 20.8 Å². The summed E-state index contributed by atoms with van der Waals surface area (Å²) in [6, 6.07) is 0. The van der Waals surface area contributed by atoms with Gasteiger partial charge in [0.25, 0.3) is 0 Å². The van der Waals surface area contributed by atoms with Crippen molar-refractivity contribution in [3.63, 3.8) is 0 Å². The Hall–Kier alpha value is -1.18. The van der Waals surface area contributed by atoms with E-state index in [0.29, 0.717) is 0 Å². The van der Waals surface area contributed by atoms with Crippen LogP contribution in [0.15, 0.2) is 24.3 Å². The maximum absolute atomic E-state index is 9.60. The van der Waals surface area contributed by atoms with E-state index >= 15 is 0 Å². The van der Waals surface area contributed by atoms with E-state index in [2.05, 4.69) is 17.3 Å². The third-order valence-corrected chi connectivity index (χ3v) is 0.997. The molecule has 0 aromatic carbocycles. The van der Waals surface area contributed by atoms with Crippen LogP contribution in [-0.4, -0.2) is 31.2 Å². The van der Waals surface area contributed by atoms with Crippen molar-refractivity contribution >= 4 is 16.4 Å². The van der Waals surface area contributed by atoms with Crippen molar-refractivity contribution in [2.24, 2.45) is 0 Å². The highest BCUT2D eigenvalue weighted by molar-refractivity contribution is 7.80. The third-order valence-electron chi connectivity index (χ3n) is 0.576. The maximum atomic E-state index is 9.60. The minimum Gasteiger partial charge on any atom is -0.478 e. The van der Waals surface area contributed by atoms with E-state index in [1.165, 1.54) is 12.5 Å². The molecule has 7 heteroatoms. The molecule has 0 aromatic heterocycles. The maximum Gasteiger partial charge on any atom is 0.397 e. The highest BCUT2D eigenvalue weighted by Gasteiger charge is 1.94. The lowest BCUT2D eigenvalue weighted by Crippen LogP contribution is -1.96. The molecule has 0 heterocycles. The monoisotopic (exact) mass is 254 g/mol.